The van der Waals surface area contributed by atoms with Crippen molar-refractivity contribution in [3.63, 3.8) is 0 Å². The summed E-state index contributed by atoms with van der Waals surface area (Å²) in [6, 6.07) is 8.52. The fourth-order valence-corrected chi connectivity index (χ4v) is 2.23. The van der Waals surface area contributed by atoms with E-state index in [4.69, 9.17) is 4.74 Å². The zero-order valence-electron chi connectivity index (χ0n) is 12.5. The van der Waals surface area contributed by atoms with Crippen molar-refractivity contribution in [2.45, 2.75) is 46.2 Å². The first-order chi connectivity index (χ1) is 9.06. The Bertz CT molecular complexity index is 348. The number of rotatable bonds is 8. The lowest BCUT2D eigenvalue weighted by atomic mass is 10.0. The van der Waals surface area contributed by atoms with Crippen LogP contribution in [0.3, 0.4) is 0 Å². The largest absolute Gasteiger partial charge is 0.494 e. The maximum absolute atomic E-state index is 9.40. The first-order valence-corrected chi connectivity index (χ1v) is 7.16. The standard InChI is InChI=1S/C16H27NO2/c1-5-19-16-8-6-14(7-9-16)13(4)17-15(11-18)10-12(2)3/h6-9,12-13,15,17-18H,5,10-11H2,1-4H3. The van der Waals surface area contributed by atoms with Crippen molar-refractivity contribution >= 4 is 0 Å². The molecule has 1 aromatic carbocycles. The topological polar surface area (TPSA) is 41.5 Å². The third kappa shape index (κ3) is 5.62. The van der Waals surface area contributed by atoms with E-state index in [9.17, 15) is 5.11 Å². The Hall–Kier alpha value is -1.06. The smallest absolute Gasteiger partial charge is 0.119 e. The van der Waals surface area contributed by atoms with E-state index in [1.807, 2.05) is 19.1 Å². The zero-order valence-corrected chi connectivity index (χ0v) is 12.5. The van der Waals surface area contributed by atoms with Crippen molar-refractivity contribution in [3.8, 4) is 5.75 Å². The minimum atomic E-state index is 0.154. The van der Waals surface area contributed by atoms with Gasteiger partial charge in [0.2, 0.25) is 0 Å². The molecule has 1 aromatic rings. The summed E-state index contributed by atoms with van der Waals surface area (Å²) in [5.41, 5.74) is 1.21. The van der Waals surface area contributed by atoms with E-state index in [1.165, 1.54) is 5.56 Å². The minimum Gasteiger partial charge on any atom is -0.494 e. The molecule has 3 nitrogen and oxygen atoms in total. The Labute approximate surface area is 117 Å². The monoisotopic (exact) mass is 265 g/mol. The highest BCUT2D eigenvalue weighted by molar-refractivity contribution is 5.29. The molecule has 2 N–H and O–H groups in total. The molecule has 19 heavy (non-hydrogen) atoms. The van der Waals surface area contributed by atoms with Gasteiger partial charge in [-0.1, -0.05) is 26.0 Å². The lowest BCUT2D eigenvalue weighted by molar-refractivity contribution is 0.215. The van der Waals surface area contributed by atoms with Crippen LogP contribution in [0.4, 0.5) is 0 Å². The van der Waals surface area contributed by atoms with Crippen LogP contribution in [0.15, 0.2) is 24.3 Å². The molecule has 0 spiro atoms. The maximum atomic E-state index is 9.40. The second-order valence-electron chi connectivity index (χ2n) is 5.40. The Balaban J connectivity index is 2.58. The molecule has 0 aliphatic rings. The summed E-state index contributed by atoms with van der Waals surface area (Å²) in [5.74, 6) is 1.48. The van der Waals surface area contributed by atoms with Crippen LogP contribution in [0.25, 0.3) is 0 Å². The van der Waals surface area contributed by atoms with Crippen LogP contribution in [0.2, 0.25) is 0 Å². The first-order valence-electron chi connectivity index (χ1n) is 7.16. The van der Waals surface area contributed by atoms with Crippen LogP contribution in [0, 0.1) is 5.92 Å². The second kappa shape index (κ2) is 8.18. The molecule has 0 amide bonds. The molecule has 2 unspecified atom stereocenters. The third-order valence-corrected chi connectivity index (χ3v) is 3.15. The number of hydrogen-bond donors (Lipinski definition) is 2. The Morgan fingerprint density at radius 3 is 2.26 bits per heavy atom. The molecule has 108 valence electrons. The van der Waals surface area contributed by atoms with Crippen molar-refractivity contribution in [1.29, 1.82) is 0 Å². The van der Waals surface area contributed by atoms with Gasteiger partial charge in [-0.15, -0.1) is 0 Å². The van der Waals surface area contributed by atoms with Crippen molar-refractivity contribution < 1.29 is 9.84 Å². The fraction of sp³-hybridized carbons (Fsp3) is 0.625. The first kappa shape index (κ1) is 16.0. The normalized spacial score (nSPS) is 14.4. The summed E-state index contributed by atoms with van der Waals surface area (Å²) in [6.45, 7) is 9.32. The number of ether oxygens (including phenoxy) is 1. The summed E-state index contributed by atoms with van der Waals surface area (Å²) in [7, 11) is 0. The van der Waals surface area contributed by atoms with E-state index in [1.54, 1.807) is 0 Å². The number of nitrogens with one attached hydrogen (secondary N) is 1. The van der Waals surface area contributed by atoms with Gasteiger partial charge in [-0.25, -0.2) is 0 Å². The lowest BCUT2D eigenvalue weighted by Gasteiger charge is -2.23. The van der Waals surface area contributed by atoms with Crippen LogP contribution < -0.4 is 10.1 Å². The van der Waals surface area contributed by atoms with Gasteiger partial charge < -0.3 is 15.2 Å². The van der Waals surface area contributed by atoms with Crippen molar-refractivity contribution in [2.75, 3.05) is 13.2 Å². The van der Waals surface area contributed by atoms with Crippen molar-refractivity contribution in [3.05, 3.63) is 29.8 Å². The van der Waals surface area contributed by atoms with Crippen LogP contribution in [-0.4, -0.2) is 24.4 Å². The van der Waals surface area contributed by atoms with E-state index in [-0.39, 0.29) is 18.7 Å². The number of hydrogen-bond acceptors (Lipinski definition) is 3. The predicted octanol–water partition coefficient (Wildman–Crippen LogP) is 3.14. The molecule has 0 aliphatic heterocycles. The molecule has 0 aliphatic carbocycles. The predicted molar refractivity (Wildman–Crippen MR) is 79.5 cm³/mol. The summed E-state index contributed by atoms with van der Waals surface area (Å²) >= 11 is 0. The summed E-state index contributed by atoms with van der Waals surface area (Å²) in [5, 5.41) is 12.9. The van der Waals surface area contributed by atoms with Gasteiger partial charge in [0, 0.05) is 12.1 Å². The second-order valence-corrected chi connectivity index (χ2v) is 5.40. The quantitative estimate of drug-likeness (QED) is 0.758. The van der Waals surface area contributed by atoms with Crippen LogP contribution in [0.5, 0.6) is 5.75 Å². The van der Waals surface area contributed by atoms with Crippen molar-refractivity contribution in [2.24, 2.45) is 5.92 Å². The fourth-order valence-electron chi connectivity index (χ4n) is 2.23. The molecule has 0 saturated heterocycles. The SMILES string of the molecule is CCOc1ccc(C(C)NC(CO)CC(C)C)cc1. The van der Waals surface area contributed by atoms with E-state index in [2.05, 4.69) is 38.2 Å². The summed E-state index contributed by atoms with van der Waals surface area (Å²) < 4.78 is 5.44. The lowest BCUT2D eigenvalue weighted by Crippen LogP contribution is -2.35. The van der Waals surface area contributed by atoms with Gasteiger partial charge in [-0.3, -0.25) is 0 Å². The molecular weight excluding hydrogens is 238 g/mol. The van der Waals surface area contributed by atoms with E-state index in [0.717, 1.165) is 12.2 Å². The molecule has 0 saturated carbocycles. The molecule has 1 rings (SSSR count). The summed E-state index contributed by atoms with van der Waals surface area (Å²) in [4.78, 5) is 0. The number of benzene rings is 1. The molecule has 0 bridgehead atoms. The highest BCUT2D eigenvalue weighted by atomic mass is 16.5. The van der Waals surface area contributed by atoms with Gasteiger partial charge in [0.15, 0.2) is 0 Å². The third-order valence-electron chi connectivity index (χ3n) is 3.15. The van der Waals surface area contributed by atoms with Gasteiger partial charge in [0.1, 0.15) is 5.75 Å². The van der Waals surface area contributed by atoms with Gasteiger partial charge in [0.05, 0.1) is 13.2 Å². The van der Waals surface area contributed by atoms with Gasteiger partial charge in [-0.2, -0.15) is 0 Å². The zero-order chi connectivity index (χ0) is 14.3. The van der Waals surface area contributed by atoms with Crippen LogP contribution in [0.1, 0.15) is 45.7 Å². The van der Waals surface area contributed by atoms with E-state index < -0.39 is 0 Å². The van der Waals surface area contributed by atoms with Crippen LogP contribution in [-0.2, 0) is 0 Å². The Morgan fingerprint density at radius 2 is 1.79 bits per heavy atom. The van der Waals surface area contributed by atoms with Gasteiger partial charge in [-0.05, 0) is 43.9 Å². The Morgan fingerprint density at radius 1 is 1.16 bits per heavy atom. The highest BCUT2D eigenvalue weighted by Crippen LogP contribution is 2.19. The highest BCUT2D eigenvalue weighted by Gasteiger charge is 2.14. The van der Waals surface area contributed by atoms with E-state index >= 15 is 0 Å². The number of aliphatic hydroxyl groups excluding tert-OH is 1. The average molecular weight is 265 g/mol. The minimum absolute atomic E-state index is 0.154. The molecule has 0 fully saturated rings. The molecule has 0 aromatic heterocycles. The molecule has 2 atom stereocenters. The van der Waals surface area contributed by atoms with Crippen molar-refractivity contribution in [1.82, 2.24) is 5.32 Å². The maximum Gasteiger partial charge on any atom is 0.119 e. The van der Waals surface area contributed by atoms with E-state index in [0.29, 0.717) is 12.5 Å². The Kier molecular flexibility index (Phi) is 6.89. The molecule has 0 heterocycles. The molecule has 0 radical (unpaired) electrons. The molecular formula is C16H27NO2. The van der Waals surface area contributed by atoms with Crippen LogP contribution >= 0.6 is 0 Å². The summed E-state index contributed by atoms with van der Waals surface area (Å²) in [6.07, 6.45) is 0.984. The average Bonchev–Trinajstić information content (AvgIpc) is 2.38. The van der Waals surface area contributed by atoms with Gasteiger partial charge >= 0.3 is 0 Å². The molecule has 3 heteroatoms. The number of aliphatic hydroxyl groups is 1. The van der Waals surface area contributed by atoms with Gasteiger partial charge in [0.25, 0.3) is 0 Å².